The summed E-state index contributed by atoms with van der Waals surface area (Å²) in [6.07, 6.45) is 4.76. The fourth-order valence-corrected chi connectivity index (χ4v) is 2.54. The first-order chi connectivity index (χ1) is 8.15. The van der Waals surface area contributed by atoms with E-state index in [1.54, 1.807) is 6.07 Å². The highest BCUT2D eigenvalue weighted by atomic mass is 79.9. The van der Waals surface area contributed by atoms with E-state index in [0.29, 0.717) is 12.0 Å². The van der Waals surface area contributed by atoms with Crippen LogP contribution in [0.25, 0.3) is 0 Å². The fraction of sp³-hybridized carbons (Fsp3) is 0.571. The van der Waals surface area contributed by atoms with Crippen molar-refractivity contribution in [1.29, 1.82) is 0 Å². The Morgan fingerprint density at radius 3 is 2.88 bits per heavy atom. The summed E-state index contributed by atoms with van der Waals surface area (Å²) < 4.78 is 14.5. The molecular formula is C14H19BrFN. The SMILES string of the molecule is CC(CNC1CCC1)Cc1cc(Br)ccc1F. The van der Waals surface area contributed by atoms with Crippen LogP contribution in [0.4, 0.5) is 4.39 Å². The number of rotatable bonds is 5. The van der Waals surface area contributed by atoms with E-state index in [-0.39, 0.29) is 5.82 Å². The van der Waals surface area contributed by atoms with Crippen LogP contribution >= 0.6 is 15.9 Å². The van der Waals surface area contributed by atoms with E-state index in [9.17, 15) is 4.39 Å². The summed E-state index contributed by atoms with van der Waals surface area (Å²) >= 11 is 3.39. The second-order valence-electron chi connectivity index (χ2n) is 5.08. The van der Waals surface area contributed by atoms with Crippen LogP contribution < -0.4 is 5.32 Å². The third kappa shape index (κ3) is 3.78. The van der Waals surface area contributed by atoms with E-state index in [0.717, 1.165) is 23.0 Å². The lowest BCUT2D eigenvalue weighted by Gasteiger charge is -2.28. The van der Waals surface area contributed by atoms with Gasteiger partial charge >= 0.3 is 0 Å². The Kier molecular flexibility index (Phi) is 4.57. The van der Waals surface area contributed by atoms with Crippen LogP contribution in [0.15, 0.2) is 22.7 Å². The maximum Gasteiger partial charge on any atom is 0.126 e. The quantitative estimate of drug-likeness (QED) is 0.869. The molecule has 1 unspecified atom stereocenters. The zero-order valence-electron chi connectivity index (χ0n) is 10.2. The van der Waals surface area contributed by atoms with Crippen molar-refractivity contribution < 1.29 is 4.39 Å². The molecule has 0 bridgehead atoms. The third-order valence-corrected chi connectivity index (χ3v) is 3.93. The molecule has 1 fully saturated rings. The van der Waals surface area contributed by atoms with Gasteiger partial charge in [-0.25, -0.2) is 4.39 Å². The fourth-order valence-electron chi connectivity index (χ4n) is 2.13. The number of nitrogens with one attached hydrogen (secondary N) is 1. The molecule has 0 aliphatic heterocycles. The van der Waals surface area contributed by atoms with Crippen molar-refractivity contribution in [3.05, 3.63) is 34.1 Å². The molecule has 1 aliphatic carbocycles. The van der Waals surface area contributed by atoms with Crippen LogP contribution in [0.1, 0.15) is 31.7 Å². The Labute approximate surface area is 111 Å². The molecule has 3 heteroatoms. The lowest BCUT2D eigenvalue weighted by molar-refractivity contribution is 0.320. The van der Waals surface area contributed by atoms with E-state index in [1.807, 2.05) is 6.07 Å². The van der Waals surface area contributed by atoms with E-state index in [4.69, 9.17) is 0 Å². The Morgan fingerprint density at radius 2 is 2.24 bits per heavy atom. The molecule has 1 atom stereocenters. The molecule has 0 amide bonds. The summed E-state index contributed by atoms with van der Waals surface area (Å²) in [5.41, 5.74) is 0.808. The molecular weight excluding hydrogens is 281 g/mol. The molecule has 94 valence electrons. The molecule has 0 aromatic heterocycles. The molecule has 1 nitrogen and oxygen atoms in total. The van der Waals surface area contributed by atoms with Crippen molar-refractivity contribution >= 4 is 15.9 Å². The second-order valence-corrected chi connectivity index (χ2v) is 6.00. The van der Waals surface area contributed by atoms with Crippen LogP contribution in [0.3, 0.4) is 0 Å². The molecule has 0 heterocycles. The average molecular weight is 300 g/mol. The lowest BCUT2D eigenvalue weighted by Crippen LogP contribution is -2.38. The highest BCUT2D eigenvalue weighted by Gasteiger charge is 2.17. The van der Waals surface area contributed by atoms with Crippen LogP contribution in [0.2, 0.25) is 0 Å². The van der Waals surface area contributed by atoms with Crippen molar-refractivity contribution in [2.45, 2.75) is 38.6 Å². The molecule has 1 saturated carbocycles. The third-order valence-electron chi connectivity index (χ3n) is 3.44. The topological polar surface area (TPSA) is 12.0 Å². The minimum atomic E-state index is -0.0938. The maximum atomic E-state index is 13.6. The van der Waals surface area contributed by atoms with Gasteiger partial charge in [0.05, 0.1) is 0 Å². The first-order valence-electron chi connectivity index (χ1n) is 6.32. The molecule has 17 heavy (non-hydrogen) atoms. The van der Waals surface area contributed by atoms with Crippen molar-refractivity contribution in [2.24, 2.45) is 5.92 Å². The van der Waals surface area contributed by atoms with Crippen LogP contribution in [-0.4, -0.2) is 12.6 Å². The Balaban J connectivity index is 1.83. The summed E-state index contributed by atoms with van der Waals surface area (Å²) in [5.74, 6) is 0.378. The van der Waals surface area contributed by atoms with Crippen LogP contribution in [0.5, 0.6) is 0 Å². The van der Waals surface area contributed by atoms with Crippen LogP contribution in [-0.2, 0) is 6.42 Å². The van der Waals surface area contributed by atoms with E-state index in [2.05, 4.69) is 28.2 Å². The summed E-state index contributed by atoms with van der Waals surface area (Å²) in [6.45, 7) is 3.16. The van der Waals surface area contributed by atoms with Gasteiger partial charge in [0.15, 0.2) is 0 Å². The van der Waals surface area contributed by atoms with Gasteiger partial charge in [-0.2, -0.15) is 0 Å². The largest absolute Gasteiger partial charge is 0.314 e. The van der Waals surface area contributed by atoms with Gasteiger partial charge in [-0.05, 0) is 55.5 Å². The van der Waals surface area contributed by atoms with Gasteiger partial charge in [0.25, 0.3) is 0 Å². The molecule has 0 saturated heterocycles. The molecule has 0 radical (unpaired) electrons. The monoisotopic (exact) mass is 299 g/mol. The number of hydrogen-bond acceptors (Lipinski definition) is 1. The number of hydrogen-bond donors (Lipinski definition) is 1. The van der Waals surface area contributed by atoms with E-state index < -0.39 is 0 Å². The minimum absolute atomic E-state index is 0.0938. The Hall–Kier alpha value is -0.410. The summed E-state index contributed by atoms with van der Waals surface area (Å²) in [7, 11) is 0. The standard InChI is InChI=1S/C14H19BrFN/c1-10(9-17-13-3-2-4-13)7-11-8-12(15)5-6-14(11)16/h5-6,8,10,13,17H,2-4,7,9H2,1H3. The maximum absolute atomic E-state index is 13.6. The van der Waals surface area contributed by atoms with E-state index in [1.165, 1.54) is 25.3 Å². The molecule has 2 rings (SSSR count). The summed E-state index contributed by atoms with van der Waals surface area (Å²) in [4.78, 5) is 0. The van der Waals surface area contributed by atoms with Crippen molar-refractivity contribution in [1.82, 2.24) is 5.32 Å². The van der Waals surface area contributed by atoms with Crippen LogP contribution in [0, 0.1) is 11.7 Å². The molecule has 1 aliphatic rings. The number of benzene rings is 1. The average Bonchev–Trinajstić information content (AvgIpc) is 2.21. The molecule has 1 N–H and O–H groups in total. The number of halogens is 2. The van der Waals surface area contributed by atoms with Gasteiger partial charge in [0.1, 0.15) is 5.82 Å². The minimum Gasteiger partial charge on any atom is -0.314 e. The van der Waals surface area contributed by atoms with Gasteiger partial charge in [0.2, 0.25) is 0 Å². The van der Waals surface area contributed by atoms with Crippen molar-refractivity contribution in [3.63, 3.8) is 0 Å². The predicted molar refractivity (Wildman–Crippen MR) is 72.6 cm³/mol. The molecule has 1 aromatic rings. The highest BCUT2D eigenvalue weighted by Crippen LogP contribution is 2.20. The van der Waals surface area contributed by atoms with Crippen molar-refractivity contribution in [3.8, 4) is 0 Å². The first-order valence-corrected chi connectivity index (χ1v) is 7.12. The van der Waals surface area contributed by atoms with Gasteiger partial charge in [-0.3, -0.25) is 0 Å². The Bertz CT molecular complexity index is 376. The predicted octanol–water partition coefficient (Wildman–Crippen LogP) is 3.91. The molecule has 0 spiro atoms. The first kappa shape index (κ1) is 13.0. The van der Waals surface area contributed by atoms with E-state index >= 15 is 0 Å². The van der Waals surface area contributed by atoms with Gasteiger partial charge in [-0.1, -0.05) is 29.3 Å². The zero-order valence-corrected chi connectivity index (χ0v) is 11.8. The summed E-state index contributed by atoms with van der Waals surface area (Å²) in [6, 6.07) is 5.88. The normalized spacial score (nSPS) is 17.8. The Morgan fingerprint density at radius 1 is 1.47 bits per heavy atom. The smallest absolute Gasteiger partial charge is 0.126 e. The van der Waals surface area contributed by atoms with Gasteiger partial charge in [-0.15, -0.1) is 0 Å². The second kappa shape index (κ2) is 5.96. The van der Waals surface area contributed by atoms with Crippen molar-refractivity contribution in [2.75, 3.05) is 6.54 Å². The molecule has 1 aromatic carbocycles. The lowest BCUT2D eigenvalue weighted by atomic mass is 9.92. The van der Waals surface area contributed by atoms with Gasteiger partial charge in [0, 0.05) is 10.5 Å². The zero-order chi connectivity index (χ0) is 12.3. The summed E-state index contributed by atoms with van der Waals surface area (Å²) in [5, 5.41) is 3.54. The van der Waals surface area contributed by atoms with Gasteiger partial charge < -0.3 is 5.32 Å². The highest BCUT2D eigenvalue weighted by molar-refractivity contribution is 9.10.